The molecular weight excluding hydrogens is 324 g/mol. The summed E-state index contributed by atoms with van der Waals surface area (Å²) >= 11 is 0. The number of hydrogen-bond acceptors (Lipinski definition) is 4. The van der Waals surface area contributed by atoms with Gasteiger partial charge in [-0.25, -0.2) is 13.6 Å². The van der Waals surface area contributed by atoms with Crippen molar-refractivity contribution in [3.63, 3.8) is 0 Å². The second kappa shape index (κ2) is 7.90. The van der Waals surface area contributed by atoms with Crippen molar-refractivity contribution in [3.8, 4) is 0 Å². The topological polar surface area (TPSA) is 72.6 Å². The van der Waals surface area contributed by atoms with Crippen molar-refractivity contribution in [1.29, 1.82) is 0 Å². The predicted molar refractivity (Wildman–Crippen MR) is 95.1 cm³/mol. The lowest BCUT2D eigenvalue weighted by Crippen LogP contribution is -2.28. The van der Waals surface area contributed by atoms with Gasteiger partial charge in [0.05, 0.1) is 11.0 Å². The Kier molecular flexibility index (Phi) is 6.12. The molecule has 0 heterocycles. The van der Waals surface area contributed by atoms with Crippen LogP contribution < -0.4 is 5.14 Å². The van der Waals surface area contributed by atoms with Crippen LogP contribution in [0.3, 0.4) is 0 Å². The molecule has 0 aliphatic heterocycles. The van der Waals surface area contributed by atoms with E-state index in [4.69, 9.17) is 9.88 Å². The molecular formula is C18H24N2O3S. The van der Waals surface area contributed by atoms with E-state index in [1.165, 1.54) is 0 Å². The first-order chi connectivity index (χ1) is 11.3. The molecule has 0 aromatic heterocycles. The fourth-order valence-corrected chi connectivity index (χ4v) is 3.11. The molecule has 2 rings (SSSR count). The van der Waals surface area contributed by atoms with Gasteiger partial charge < -0.3 is 4.74 Å². The van der Waals surface area contributed by atoms with Gasteiger partial charge in [0.15, 0.2) is 0 Å². The Morgan fingerprint density at radius 1 is 1.04 bits per heavy atom. The van der Waals surface area contributed by atoms with E-state index >= 15 is 0 Å². The molecule has 5 nitrogen and oxygen atoms in total. The Labute approximate surface area is 144 Å². The van der Waals surface area contributed by atoms with Crippen LogP contribution in [0.1, 0.15) is 30.2 Å². The molecule has 0 aliphatic carbocycles. The van der Waals surface area contributed by atoms with Crippen LogP contribution in [-0.4, -0.2) is 34.0 Å². The molecule has 0 amide bonds. The number of benzene rings is 2. The Morgan fingerprint density at radius 3 is 2.12 bits per heavy atom. The SMILES string of the molecule is CO[C@H](CN(C)[C@H](C)c1ccc(S(N)(=O)=O)cc1)c1ccccc1. The first-order valence-electron chi connectivity index (χ1n) is 7.73. The lowest BCUT2D eigenvalue weighted by molar-refractivity contribution is 0.0606. The van der Waals surface area contributed by atoms with Crippen molar-refractivity contribution in [2.75, 3.05) is 20.7 Å². The smallest absolute Gasteiger partial charge is 0.238 e. The molecule has 0 unspecified atom stereocenters. The fourth-order valence-electron chi connectivity index (χ4n) is 2.59. The molecule has 2 N–H and O–H groups in total. The van der Waals surface area contributed by atoms with E-state index in [0.717, 1.165) is 17.7 Å². The van der Waals surface area contributed by atoms with Gasteiger partial charge >= 0.3 is 0 Å². The van der Waals surface area contributed by atoms with Crippen molar-refractivity contribution in [1.82, 2.24) is 4.90 Å². The highest BCUT2D eigenvalue weighted by atomic mass is 32.2. The lowest BCUT2D eigenvalue weighted by Gasteiger charge is -2.29. The van der Waals surface area contributed by atoms with E-state index in [-0.39, 0.29) is 17.0 Å². The fraction of sp³-hybridized carbons (Fsp3) is 0.333. The summed E-state index contributed by atoms with van der Waals surface area (Å²) in [5, 5.41) is 5.14. The zero-order valence-electron chi connectivity index (χ0n) is 14.2. The highest BCUT2D eigenvalue weighted by Crippen LogP contribution is 2.24. The van der Waals surface area contributed by atoms with Crippen LogP contribution in [0.15, 0.2) is 59.5 Å². The van der Waals surface area contributed by atoms with Gasteiger partial charge in [-0.3, -0.25) is 4.90 Å². The molecule has 0 saturated heterocycles. The zero-order chi connectivity index (χ0) is 17.7. The van der Waals surface area contributed by atoms with Gasteiger partial charge in [-0.1, -0.05) is 42.5 Å². The van der Waals surface area contributed by atoms with Crippen LogP contribution in [0.2, 0.25) is 0 Å². The van der Waals surface area contributed by atoms with E-state index in [9.17, 15) is 8.42 Å². The van der Waals surface area contributed by atoms with Crippen LogP contribution in [-0.2, 0) is 14.8 Å². The summed E-state index contributed by atoms with van der Waals surface area (Å²) in [6.45, 7) is 2.79. The monoisotopic (exact) mass is 348 g/mol. The van der Waals surface area contributed by atoms with Gasteiger partial charge in [-0.15, -0.1) is 0 Å². The Morgan fingerprint density at radius 2 is 1.62 bits per heavy atom. The molecule has 0 saturated carbocycles. The maximum atomic E-state index is 11.3. The van der Waals surface area contributed by atoms with Crippen molar-refractivity contribution in [2.45, 2.75) is 24.0 Å². The summed E-state index contributed by atoms with van der Waals surface area (Å²) in [4.78, 5) is 2.30. The maximum absolute atomic E-state index is 11.3. The molecule has 0 bridgehead atoms. The number of ether oxygens (including phenoxy) is 1. The third-order valence-corrected chi connectivity index (χ3v) is 5.19. The molecule has 2 aromatic rings. The van der Waals surface area contributed by atoms with E-state index in [1.54, 1.807) is 31.4 Å². The molecule has 0 spiro atoms. The third kappa shape index (κ3) is 4.64. The average molecular weight is 348 g/mol. The van der Waals surface area contributed by atoms with Crippen LogP contribution in [0.5, 0.6) is 0 Å². The molecule has 6 heteroatoms. The number of likely N-dealkylation sites (N-methyl/N-ethyl adjacent to an activating group) is 1. The van der Waals surface area contributed by atoms with Crippen LogP contribution in [0.25, 0.3) is 0 Å². The molecule has 0 fully saturated rings. The maximum Gasteiger partial charge on any atom is 0.238 e. The number of rotatable bonds is 7. The standard InChI is InChI=1S/C18H24N2O3S/c1-14(15-9-11-17(12-10-15)24(19,21)22)20(2)13-18(23-3)16-7-5-4-6-8-16/h4-12,14,18H,13H2,1-3H3,(H2,19,21,22)/t14-,18-/m1/s1. The van der Waals surface area contributed by atoms with Gasteiger partial charge in [-0.05, 0) is 37.2 Å². The first kappa shape index (κ1) is 18.6. The number of methoxy groups -OCH3 is 1. The highest BCUT2D eigenvalue weighted by molar-refractivity contribution is 7.89. The van der Waals surface area contributed by atoms with Gasteiger partial charge in [0.1, 0.15) is 0 Å². The molecule has 0 radical (unpaired) electrons. The number of primary sulfonamides is 1. The van der Waals surface area contributed by atoms with Crippen molar-refractivity contribution < 1.29 is 13.2 Å². The summed E-state index contributed by atoms with van der Waals surface area (Å²) in [7, 11) is 0.0684. The molecule has 24 heavy (non-hydrogen) atoms. The van der Waals surface area contributed by atoms with E-state index in [1.807, 2.05) is 37.4 Å². The second-order valence-corrected chi connectivity index (χ2v) is 7.43. The van der Waals surface area contributed by atoms with Crippen molar-refractivity contribution in [3.05, 3.63) is 65.7 Å². The van der Waals surface area contributed by atoms with Crippen molar-refractivity contribution >= 4 is 10.0 Å². The average Bonchev–Trinajstić information content (AvgIpc) is 2.59. The minimum atomic E-state index is -3.66. The first-order valence-corrected chi connectivity index (χ1v) is 9.28. The van der Waals surface area contributed by atoms with Gasteiger partial charge in [0, 0.05) is 19.7 Å². The number of sulfonamides is 1. The van der Waals surface area contributed by atoms with Crippen LogP contribution in [0, 0.1) is 0 Å². The Balaban J connectivity index is 2.10. The summed E-state index contributed by atoms with van der Waals surface area (Å²) in [6, 6.07) is 16.9. The summed E-state index contributed by atoms with van der Waals surface area (Å²) < 4.78 is 28.3. The predicted octanol–water partition coefficient (Wildman–Crippen LogP) is 2.71. The summed E-state index contributed by atoms with van der Waals surface area (Å²) in [5.74, 6) is 0. The second-order valence-electron chi connectivity index (χ2n) is 5.86. The van der Waals surface area contributed by atoms with Crippen LogP contribution >= 0.6 is 0 Å². The number of nitrogens with two attached hydrogens (primary N) is 1. The normalized spacial score (nSPS) is 14.5. The summed E-state index contributed by atoms with van der Waals surface area (Å²) in [6.07, 6.45) is -0.0256. The Hall–Kier alpha value is -1.73. The zero-order valence-corrected chi connectivity index (χ0v) is 15.0. The summed E-state index contributed by atoms with van der Waals surface area (Å²) in [5.41, 5.74) is 2.15. The molecule has 130 valence electrons. The quantitative estimate of drug-likeness (QED) is 0.835. The van der Waals surface area contributed by atoms with E-state index < -0.39 is 10.0 Å². The third-order valence-electron chi connectivity index (χ3n) is 4.26. The van der Waals surface area contributed by atoms with E-state index in [2.05, 4.69) is 11.8 Å². The number of hydrogen-bond donors (Lipinski definition) is 1. The van der Waals surface area contributed by atoms with Gasteiger partial charge in [0.25, 0.3) is 0 Å². The molecule has 0 aliphatic rings. The molecule has 2 aromatic carbocycles. The minimum Gasteiger partial charge on any atom is -0.375 e. The van der Waals surface area contributed by atoms with Gasteiger partial charge in [-0.2, -0.15) is 0 Å². The minimum absolute atomic E-state index is 0.0256. The largest absolute Gasteiger partial charge is 0.375 e. The van der Waals surface area contributed by atoms with E-state index in [0.29, 0.717) is 0 Å². The van der Waals surface area contributed by atoms with Gasteiger partial charge in [0.2, 0.25) is 10.0 Å². The lowest BCUT2D eigenvalue weighted by atomic mass is 10.1. The number of nitrogens with zero attached hydrogens (tertiary/aromatic N) is 1. The Bertz CT molecular complexity index is 746. The molecule has 2 atom stereocenters. The highest BCUT2D eigenvalue weighted by Gasteiger charge is 2.18. The van der Waals surface area contributed by atoms with Crippen LogP contribution in [0.4, 0.5) is 0 Å². The van der Waals surface area contributed by atoms with Crippen molar-refractivity contribution in [2.24, 2.45) is 5.14 Å².